The Labute approximate surface area is 97.9 Å². The van der Waals surface area contributed by atoms with E-state index in [0.717, 1.165) is 0 Å². The van der Waals surface area contributed by atoms with Crippen LogP contribution in [0, 0.1) is 0 Å². The number of alkyl halides is 1. The molecule has 0 aromatic heterocycles. The summed E-state index contributed by atoms with van der Waals surface area (Å²) in [4.78, 5) is 11.3. The zero-order valence-electron chi connectivity index (χ0n) is 8.62. The lowest BCUT2D eigenvalue weighted by Gasteiger charge is -2.12. The fourth-order valence-electron chi connectivity index (χ4n) is 0.784. The molecule has 1 unspecified atom stereocenters. The van der Waals surface area contributed by atoms with Crippen LogP contribution >= 0.6 is 15.9 Å². The SMILES string of the molecule is COCCNC(=O)C(C)NS(=O)(=O)CBr. The minimum Gasteiger partial charge on any atom is -0.383 e. The summed E-state index contributed by atoms with van der Waals surface area (Å²) in [5.74, 6) is -0.378. The molecule has 0 bridgehead atoms. The number of methoxy groups -OCH3 is 1. The average molecular weight is 303 g/mol. The van der Waals surface area contributed by atoms with Gasteiger partial charge in [0.05, 0.1) is 12.6 Å². The fourth-order valence-corrected chi connectivity index (χ4v) is 1.89. The highest BCUT2D eigenvalue weighted by Crippen LogP contribution is 1.94. The molecule has 0 heterocycles. The summed E-state index contributed by atoms with van der Waals surface area (Å²) in [6.07, 6.45) is 0. The standard InChI is InChI=1S/C7H15BrN2O4S/c1-6(10-15(12,13)5-8)7(11)9-3-4-14-2/h6,10H,3-5H2,1-2H3,(H,9,11). The summed E-state index contributed by atoms with van der Waals surface area (Å²) in [7, 11) is -1.90. The van der Waals surface area contributed by atoms with E-state index in [9.17, 15) is 13.2 Å². The van der Waals surface area contributed by atoms with E-state index in [1.807, 2.05) is 0 Å². The van der Waals surface area contributed by atoms with Crippen LogP contribution in [-0.2, 0) is 19.6 Å². The lowest BCUT2D eigenvalue weighted by Crippen LogP contribution is -2.45. The van der Waals surface area contributed by atoms with E-state index in [2.05, 4.69) is 26.0 Å². The zero-order valence-corrected chi connectivity index (χ0v) is 11.0. The van der Waals surface area contributed by atoms with E-state index in [0.29, 0.717) is 13.2 Å². The minimum atomic E-state index is -3.42. The van der Waals surface area contributed by atoms with Gasteiger partial charge in [-0.25, -0.2) is 13.1 Å². The number of ether oxygens (including phenoxy) is 1. The highest BCUT2D eigenvalue weighted by Gasteiger charge is 2.18. The van der Waals surface area contributed by atoms with Crippen LogP contribution in [0.25, 0.3) is 0 Å². The lowest BCUT2D eigenvalue weighted by molar-refractivity contribution is -0.122. The summed E-state index contributed by atoms with van der Waals surface area (Å²) in [5.41, 5.74) is 0. The molecule has 8 heteroatoms. The Morgan fingerprint density at radius 1 is 1.53 bits per heavy atom. The van der Waals surface area contributed by atoms with Crippen LogP contribution in [0.4, 0.5) is 0 Å². The molecule has 0 aromatic carbocycles. The summed E-state index contributed by atoms with van der Waals surface area (Å²) in [6.45, 7) is 2.22. The topological polar surface area (TPSA) is 84.5 Å². The molecule has 15 heavy (non-hydrogen) atoms. The number of hydrogen-bond donors (Lipinski definition) is 2. The van der Waals surface area contributed by atoms with Gasteiger partial charge in [0.15, 0.2) is 0 Å². The highest BCUT2D eigenvalue weighted by atomic mass is 79.9. The Kier molecular flexibility index (Phi) is 7.07. The van der Waals surface area contributed by atoms with Gasteiger partial charge < -0.3 is 10.1 Å². The summed E-state index contributed by atoms with van der Waals surface area (Å²) in [5, 5.41) is 2.52. The van der Waals surface area contributed by atoms with Crippen molar-refractivity contribution in [3.63, 3.8) is 0 Å². The van der Waals surface area contributed by atoms with Gasteiger partial charge in [-0.15, -0.1) is 0 Å². The maximum Gasteiger partial charge on any atom is 0.237 e. The van der Waals surface area contributed by atoms with Crippen molar-refractivity contribution in [1.29, 1.82) is 0 Å². The van der Waals surface area contributed by atoms with Crippen LogP contribution < -0.4 is 10.0 Å². The maximum atomic E-state index is 11.3. The van der Waals surface area contributed by atoms with Crippen molar-refractivity contribution in [2.24, 2.45) is 0 Å². The lowest BCUT2D eigenvalue weighted by atomic mass is 10.3. The van der Waals surface area contributed by atoms with E-state index in [-0.39, 0.29) is 10.6 Å². The molecule has 0 aromatic rings. The van der Waals surface area contributed by atoms with Crippen molar-refractivity contribution in [2.45, 2.75) is 13.0 Å². The molecule has 0 radical (unpaired) electrons. The van der Waals surface area contributed by atoms with E-state index >= 15 is 0 Å². The first-order valence-corrected chi connectivity index (χ1v) is 7.03. The van der Waals surface area contributed by atoms with Gasteiger partial charge in [-0.3, -0.25) is 4.79 Å². The number of nitrogens with one attached hydrogen (secondary N) is 2. The molecule has 0 aliphatic rings. The van der Waals surface area contributed by atoms with Crippen LogP contribution in [-0.4, -0.2) is 45.3 Å². The van der Waals surface area contributed by atoms with Crippen molar-refractivity contribution in [3.8, 4) is 0 Å². The van der Waals surface area contributed by atoms with Gasteiger partial charge in [0.25, 0.3) is 0 Å². The van der Waals surface area contributed by atoms with Gasteiger partial charge >= 0.3 is 0 Å². The van der Waals surface area contributed by atoms with Crippen LogP contribution in [0.2, 0.25) is 0 Å². The van der Waals surface area contributed by atoms with Crippen LogP contribution in [0.1, 0.15) is 6.92 Å². The van der Waals surface area contributed by atoms with Crippen LogP contribution in [0.3, 0.4) is 0 Å². The molecule has 0 aliphatic heterocycles. The Morgan fingerprint density at radius 3 is 2.60 bits per heavy atom. The van der Waals surface area contributed by atoms with Gasteiger partial charge in [-0.05, 0) is 6.92 Å². The molecule has 6 nitrogen and oxygen atoms in total. The minimum absolute atomic E-state index is 0.226. The molecule has 2 N–H and O–H groups in total. The number of carbonyl (C=O) groups excluding carboxylic acids is 1. The van der Waals surface area contributed by atoms with Crippen molar-refractivity contribution >= 4 is 31.9 Å². The molecule has 90 valence electrons. The Hall–Kier alpha value is -0.180. The van der Waals surface area contributed by atoms with E-state index in [1.165, 1.54) is 14.0 Å². The third kappa shape index (κ3) is 6.82. The second-order valence-corrected chi connectivity index (χ2v) is 5.90. The first-order chi connectivity index (χ1) is 6.93. The maximum absolute atomic E-state index is 11.3. The van der Waals surface area contributed by atoms with Gasteiger partial charge in [0, 0.05) is 13.7 Å². The number of sulfonamides is 1. The Bertz CT molecular complexity index is 293. The summed E-state index contributed by atoms with van der Waals surface area (Å²) >= 11 is 2.81. The first-order valence-electron chi connectivity index (χ1n) is 4.25. The summed E-state index contributed by atoms with van der Waals surface area (Å²) in [6, 6.07) is -0.788. The highest BCUT2D eigenvalue weighted by molar-refractivity contribution is 9.10. The van der Waals surface area contributed by atoms with Gasteiger partial charge in [0.2, 0.25) is 15.9 Å². The number of rotatable bonds is 7. The molecular weight excluding hydrogens is 288 g/mol. The van der Waals surface area contributed by atoms with Crippen molar-refractivity contribution in [1.82, 2.24) is 10.0 Å². The van der Waals surface area contributed by atoms with Gasteiger partial charge in [0.1, 0.15) is 4.66 Å². The average Bonchev–Trinajstić information content (AvgIpc) is 2.17. The Balaban J connectivity index is 4.00. The predicted molar refractivity (Wildman–Crippen MR) is 60.2 cm³/mol. The quantitative estimate of drug-likeness (QED) is 0.486. The molecule has 0 saturated carbocycles. The molecule has 0 saturated heterocycles. The van der Waals surface area contributed by atoms with E-state index in [1.54, 1.807) is 0 Å². The molecule has 0 fully saturated rings. The Morgan fingerprint density at radius 2 is 2.13 bits per heavy atom. The molecule has 0 rings (SSSR count). The summed E-state index contributed by atoms with van der Waals surface area (Å²) < 4.78 is 28.9. The van der Waals surface area contributed by atoms with Crippen LogP contribution in [0.15, 0.2) is 0 Å². The van der Waals surface area contributed by atoms with Crippen molar-refractivity contribution in [2.75, 3.05) is 24.9 Å². The number of halogens is 1. The molecule has 1 amide bonds. The molecule has 1 atom stereocenters. The van der Waals surface area contributed by atoms with Gasteiger partial charge in [-0.2, -0.15) is 0 Å². The third-order valence-corrected chi connectivity index (χ3v) is 4.31. The fraction of sp³-hybridized carbons (Fsp3) is 0.857. The predicted octanol–water partition coefficient (Wildman–Crippen LogP) is -0.591. The van der Waals surface area contributed by atoms with Crippen molar-refractivity contribution < 1.29 is 17.9 Å². The molecule has 0 spiro atoms. The van der Waals surface area contributed by atoms with Gasteiger partial charge in [-0.1, -0.05) is 15.9 Å². The van der Waals surface area contributed by atoms with E-state index in [4.69, 9.17) is 4.74 Å². The monoisotopic (exact) mass is 302 g/mol. The normalized spacial score (nSPS) is 13.5. The number of carbonyl (C=O) groups is 1. The molecule has 0 aliphatic carbocycles. The second kappa shape index (κ2) is 7.15. The first kappa shape index (κ1) is 14.8. The van der Waals surface area contributed by atoms with Crippen LogP contribution in [0.5, 0.6) is 0 Å². The molecular formula is C7H15BrN2O4S. The van der Waals surface area contributed by atoms with Crippen molar-refractivity contribution in [3.05, 3.63) is 0 Å². The zero-order chi connectivity index (χ0) is 11.9. The number of hydrogen-bond acceptors (Lipinski definition) is 4. The second-order valence-electron chi connectivity index (χ2n) is 2.85. The smallest absolute Gasteiger partial charge is 0.237 e. The number of amides is 1. The van der Waals surface area contributed by atoms with E-state index < -0.39 is 16.1 Å². The largest absolute Gasteiger partial charge is 0.383 e. The third-order valence-electron chi connectivity index (χ3n) is 1.50.